The second-order valence-electron chi connectivity index (χ2n) is 10.2. The van der Waals surface area contributed by atoms with Gasteiger partial charge in [-0.1, -0.05) is 42.2 Å². The lowest BCUT2D eigenvalue weighted by Gasteiger charge is -2.21. The maximum Gasteiger partial charge on any atom is 0.481 e. The Labute approximate surface area is 248 Å². The van der Waals surface area contributed by atoms with Crippen LogP contribution in [0, 0.1) is 18.8 Å². The Balaban J connectivity index is 1.48. The first-order valence-corrected chi connectivity index (χ1v) is 13.6. The highest BCUT2D eigenvalue weighted by atomic mass is 19.4. The molecular formula is C32H25F3N7O2+. The van der Waals surface area contributed by atoms with Gasteiger partial charge in [0.05, 0.1) is 23.3 Å². The number of aromatic nitrogens is 6. The molecule has 1 unspecified atom stereocenters. The minimum absolute atomic E-state index is 0.238. The Hall–Kier alpha value is -5.70. The van der Waals surface area contributed by atoms with Gasteiger partial charge >= 0.3 is 11.9 Å². The van der Waals surface area contributed by atoms with Crippen LogP contribution in [0.5, 0.6) is 0 Å². The van der Waals surface area contributed by atoms with Gasteiger partial charge in [0.25, 0.3) is 11.5 Å². The number of aryl methyl sites for hydroxylation is 2. The molecule has 0 bridgehead atoms. The number of benzene rings is 2. The SMILES string of the molecule is Cc1nn2cccnc2c1C(=O)NC(C)c1cc2cccc(C#Cc3c[nH][n+](C)c3C(F)(F)F)c2c(=O)n1-c1ccccc1. The molecule has 2 aromatic carbocycles. The number of nitrogens with one attached hydrogen (secondary N) is 2. The first-order valence-electron chi connectivity index (χ1n) is 13.6. The van der Waals surface area contributed by atoms with Crippen molar-refractivity contribution in [2.75, 3.05) is 0 Å². The van der Waals surface area contributed by atoms with Crippen LogP contribution in [0.15, 0.2) is 84.0 Å². The lowest BCUT2D eigenvalue weighted by molar-refractivity contribution is -0.743. The van der Waals surface area contributed by atoms with Crippen molar-refractivity contribution < 1.29 is 22.6 Å². The van der Waals surface area contributed by atoms with Gasteiger partial charge < -0.3 is 5.32 Å². The summed E-state index contributed by atoms with van der Waals surface area (Å²) in [5, 5.41) is 10.6. The van der Waals surface area contributed by atoms with Gasteiger partial charge in [-0.15, -0.1) is 4.68 Å². The molecule has 0 radical (unpaired) electrons. The maximum atomic E-state index is 14.2. The van der Waals surface area contributed by atoms with Crippen LogP contribution in [0.1, 0.15) is 51.5 Å². The molecule has 0 fully saturated rings. The number of hydrogen-bond donors (Lipinski definition) is 2. The van der Waals surface area contributed by atoms with E-state index in [-0.39, 0.29) is 16.5 Å². The molecule has 44 heavy (non-hydrogen) atoms. The van der Waals surface area contributed by atoms with E-state index in [4.69, 9.17) is 0 Å². The second-order valence-corrected chi connectivity index (χ2v) is 10.2. The molecule has 6 aromatic rings. The van der Waals surface area contributed by atoms with Gasteiger partial charge in [0.15, 0.2) is 12.7 Å². The molecule has 2 N–H and O–H groups in total. The molecule has 6 rings (SSSR count). The Morgan fingerprint density at radius 1 is 1.07 bits per heavy atom. The molecule has 1 amide bonds. The van der Waals surface area contributed by atoms with Gasteiger partial charge in [0, 0.05) is 29.3 Å². The number of pyridine rings is 1. The topological polar surface area (TPSA) is 101 Å². The van der Waals surface area contributed by atoms with Crippen LogP contribution in [0.2, 0.25) is 0 Å². The van der Waals surface area contributed by atoms with Crippen molar-refractivity contribution in [3.8, 4) is 17.5 Å². The van der Waals surface area contributed by atoms with Crippen molar-refractivity contribution in [2.45, 2.75) is 26.1 Å². The third-order valence-corrected chi connectivity index (χ3v) is 7.27. The first kappa shape index (κ1) is 28.4. The molecule has 0 saturated carbocycles. The summed E-state index contributed by atoms with van der Waals surface area (Å²) in [7, 11) is 1.25. The molecule has 4 aromatic heterocycles. The lowest BCUT2D eigenvalue weighted by Crippen LogP contribution is -2.38. The van der Waals surface area contributed by atoms with Crippen molar-refractivity contribution in [1.29, 1.82) is 0 Å². The summed E-state index contributed by atoms with van der Waals surface area (Å²) in [4.78, 5) is 32.0. The number of carbonyl (C=O) groups excluding carboxylic acids is 1. The highest BCUT2D eigenvalue weighted by molar-refractivity contribution is 6.01. The summed E-state index contributed by atoms with van der Waals surface area (Å²) in [5.74, 6) is 4.98. The van der Waals surface area contributed by atoms with E-state index in [2.05, 4.69) is 32.3 Å². The molecule has 9 nitrogen and oxygen atoms in total. The molecule has 220 valence electrons. The van der Waals surface area contributed by atoms with Gasteiger partial charge in [0.1, 0.15) is 11.1 Å². The number of hydrogen-bond acceptors (Lipinski definition) is 4. The van der Waals surface area contributed by atoms with E-state index in [0.29, 0.717) is 33.7 Å². The average Bonchev–Trinajstić information content (AvgIpc) is 3.54. The molecule has 0 aliphatic carbocycles. The van der Waals surface area contributed by atoms with E-state index in [9.17, 15) is 22.8 Å². The summed E-state index contributed by atoms with van der Waals surface area (Å²) < 4.78 is 44.7. The van der Waals surface area contributed by atoms with Crippen LogP contribution in [0.25, 0.3) is 22.1 Å². The largest absolute Gasteiger partial charge is 0.481 e. The highest BCUT2D eigenvalue weighted by Crippen LogP contribution is 2.29. The Bertz CT molecular complexity index is 2190. The standard InChI is InChI=1S/C32H24F3N7O2/c1-19(38-30(43)26-20(2)39-41-16-8-15-36-29(26)41)25-17-22-10-7-9-21(13-14-23-18-37-40(3)28(23)32(33,34)35)27(22)31(44)42(25)24-11-5-4-6-12-24/h4-12,15-19H,1-3H3,(H,38,43)/p+1. The number of rotatable bonds is 4. The summed E-state index contributed by atoms with van der Waals surface area (Å²) in [6.45, 7) is 3.48. The minimum Gasteiger partial charge on any atom is -0.344 e. The van der Waals surface area contributed by atoms with Crippen LogP contribution in [0.4, 0.5) is 13.2 Å². The molecule has 1 atom stereocenters. The monoisotopic (exact) mass is 596 g/mol. The van der Waals surface area contributed by atoms with Crippen molar-refractivity contribution in [1.82, 2.24) is 29.6 Å². The predicted molar refractivity (Wildman–Crippen MR) is 156 cm³/mol. The van der Waals surface area contributed by atoms with Gasteiger partial charge in [-0.2, -0.15) is 23.4 Å². The number of H-pyrrole nitrogens is 1. The zero-order valence-corrected chi connectivity index (χ0v) is 23.8. The fraction of sp³-hybridized carbons (Fsp3) is 0.156. The molecule has 12 heteroatoms. The number of halogens is 3. The second kappa shape index (κ2) is 10.9. The molecule has 0 spiro atoms. The zero-order chi connectivity index (χ0) is 31.2. The van der Waals surface area contributed by atoms with Crippen LogP contribution in [0.3, 0.4) is 0 Å². The number of para-hydroxylation sites is 1. The Kier molecular flexibility index (Phi) is 7.01. The number of carbonyl (C=O) groups is 1. The van der Waals surface area contributed by atoms with E-state index < -0.39 is 29.4 Å². The van der Waals surface area contributed by atoms with Crippen LogP contribution in [-0.2, 0) is 13.2 Å². The van der Waals surface area contributed by atoms with Crippen molar-refractivity contribution >= 4 is 22.3 Å². The van der Waals surface area contributed by atoms with Gasteiger partial charge in [-0.05, 0) is 49.6 Å². The van der Waals surface area contributed by atoms with Gasteiger partial charge in [-0.25, -0.2) is 9.50 Å². The molecular weight excluding hydrogens is 571 g/mol. The maximum absolute atomic E-state index is 14.2. The van der Waals surface area contributed by atoms with Crippen molar-refractivity contribution in [3.63, 3.8) is 0 Å². The third kappa shape index (κ3) is 4.98. The van der Waals surface area contributed by atoms with Crippen LogP contribution >= 0.6 is 0 Å². The fourth-order valence-corrected chi connectivity index (χ4v) is 5.30. The Morgan fingerprint density at radius 2 is 1.82 bits per heavy atom. The predicted octanol–water partition coefficient (Wildman–Crippen LogP) is 4.40. The van der Waals surface area contributed by atoms with Crippen LogP contribution < -0.4 is 15.6 Å². The summed E-state index contributed by atoms with van der Waals surface area (Å²) in [6, 6.07) is 16.7. The molecule has 0 saturated heterocycles. The number of nitrogens with zero attached hydrogens (tertiary/aromatic N) is 5. The number of alkyl halides is 3. The smallest absolute Gasteiger partial charge is 0.344 e. The number of amides is 1. The van der Waals surface area contributed by atoms with Crippen LogP contribution in [-0.4, -0.2) is 30.2 Å². The molecule has 4 heterocycles. The first-order chi connectivity index (χ1) is 21.0. The third-order valence-electron chi connectivity index (χ3n) is 7.27. The average molecular weight is 597 g/mol. The van der Waals surface area contributed by atoms with Gasteiger partial charge in [-0.3, -0.25) is 14.2 Å². The van der Waals surface area contributed by atoms with E-state index in [0.717, 1.165) is 4.68 Å². The van der Waals surface area contributed by atoms with E-state index >= 15 is 0 Å². The zero-order valence-electron chi connectivity index (χ0n) is 23.8. The van der Waals surface area contributed by atoms with E-state index in [1.165, 1.54) is 22.3 Å². The van der Waals surface area contributed by atoms with Crippen molar-refractivity contribution in [2.24, 2.45) is 7.05 Å². The van der Waals surface area contributed by atoms with Crippen molar-refractivity contribution in [3.05, 3.63) is 123 Å². The fourth-order valence-electron chi connectivity index (χ4n) is 5.30. The summed E-state index contributed by atoms with van der Waals surface area (Å²) >= 11 is 0. The lowest BCUT2D eigenvalue weighted by atomic mass is 10.0. The summed E-state index contributed by atoms with van der Waals surface area (Å²) in [6.07, 6.45) is -0.169. The molecule has 0 aliphatic rings. The molecule has 0 aliphatic heterocycles. The van der Waals surface area contributed by atoms with E-state index in [1.807, 2.05) is 6.07 Å². The highest BCUT2D eigenvalue weighted by Gasteiger charge is 2.44. The number of fused-ring (bicyclic) bond motifs is 2. The van der Waals surface area contributed by atoms with Gasteiger partial charge in [0.2, 0.25) is 0 Å². The quantitative estimate of drug-likeness (QED) is 0.233. The van der Waals surface area contributed by atoms with E-state index in [1.54, 1.807) is 80.8 Å². The minimum atomic E-state index is -4.62. The number of aromatic amines is 1. The normalized spacial score (nSPS) is 12.2. The Morgan fingerprint density at radius 3 is 2.57 bits per heavy atom. The summed E-state index contributed by atoms with van der Waals surface area (Å²) in [5.41, 5.74) is 0.934.